The summed E-state index contributed by atoms with van der Waals surface area (Å²) in [6.45, 7) is 0.391. The van der Waals surface area contributed by atoms with E-state index in [0.717, 1.165) is 30.1 Å². The van der Waals surface area contributed by atoms with Crippen molar-refractivity contribution in [1.29, 1.82) is 0 Å². The average Bonchev–Trinajstić information content (AvgIpc) is 2.99. The topological polar surface area (TPSA) is 55.5 Å². The molecule has 0 spiro atoms. The molecule has 2 unspecified atom stereocenters. The molecule has 2 atom stereocenters. The zero-order valence-corrected chi connectivity index (χ0v) is 13.5. The number of rotatable bonds is 7. The van der Waals surface area contributed by atoms with Crippen LogP contribution in [0.3, 0.4) is 0 Å². The lowest BCUT2D eigenvalue weighted by atomic mass is 9.88. The van der Waals surface area contributed by atoms with Gasteiger partial charge in [0, 0.05) is 23.0 Å². The largest absolute Gasteiger partial charge is 0.496 e. The first-order chi connectivity index (χ1) is 10.2. The summed E-state index contributed by atoms with van der Waals surface area (Å²) in [5, 5.41) is 11.2. The first kappa shape index (κ1) is 16.6. The van der Waals surface area contributed by atoms with Crippen LogP contribution in [0.2, 0.25) is 5.02 Å². The van der Waals surface area contributed by atoms with Gasteiger partial charge >= 0.3 is 0 Å². The van der Waals surface area contributed by atoms with Gasteiger partial charge in [0.2, 0.25) is 0 Å². The van der Waals surface area contributed by atoms with Crippen molar-refractivity contribution in [3.63, 3.8) is 0 Å². The fourth-order valence-corrected chi connectivity index (χ4v) is 3.57. The predicted molar refractivity (Wildman–Crippen MR) is 87.0 cm³/mol. The molecule has 4 heteroatoms. The minimum absolute atomic E-state index is 0.125. The third kappa shape index (κ3) is 4.35. The second-order valence-corrected chi connectivity index (χ2v) is 6.46. The molecule has 0 amide bonds. The van der Waals surface area contributed by atoms with Gasteiger partial charge in [-0.25, -0.2) is 0 Å². The molecule has 118 valence electrons. The summed E-state index contributed by atoms with van der Waals surface area (Å²) in [4.78, 5) is 0. The summed E-state index contributed by atoms with van der Waals surface area (Å²) in [5.74, 6) is 1.40. The van der Waals surface area contributed by atoms with Gasteiger partial charge in [-0.1, -0.05) is 37.3 Å². The summed E-state index contributed by atoms with van der Waals surface area (Å²) in [6, 6.07) is 5.49. The number of hydrogen-bond donors (Lipinski definition) is 2. The Balaban J connectivity index is 2.05. The van der Waals surface area contributed by atoms with Crippen molar-refractivity contribution in [3.05, 3.63) is 28.8 Å². The molecule has 0 bridgehead atoms. The maximum absolute atomic E-state index is 10.6. The molecule has 3 N–H and O–H groups in total. The van der Waals surface area contributed by atoms with Crippen molar-refractivity contribution in [2.45, 2.75) is 50.5 Å². The summed E-state index contributed by atoms with van der Waals surface area (Å²) in [7, 11) is 1.63. The molecule has 1 aromatic rings. The molecule has 2 rings (SSSR count). The molecule has 0 aromatic heterocycles. The van der Waals surface area contributed by atoms with Crippen LogP contribution in [0.15, 0.2) is 18.2 Å². The van der Waals surface area contributed by atoms with Crippen molar-refractivity contribution in [1.82, 2.24) is 0 Å². The van der Waals surface area contributed by atoms with Crippen LogP contribution in [0.25, 0.3) is 0 Å². The van der Waals surface area contributed by atoms with Gasteiger partial charge in [-0.3, -0.25) is 0 Å². The molecule has 1 fully saturated rings. The van der Waals surface area contributed by atoms with Crippen molar-refractivity contribution in [2.24, 2.45) is 11.7 Å². The summed E-state index contributed by atoms with van der Waals surface area (Å²) in [6.07, 6.45) is 6.72. The highest BCUT2D eigenvalue weighted by Crippen LogP contribution is 2.34. The molecule has 1 saturated carbocycles. The Hall–Kier alpha value is -0.770. The van der Waals surface area contributed by atoms with Crippen LogP contribution in [0, 0.1) is 5.92 Å². The van der Waals surface area contributed by atoms with Gasteiger partial charge in [0.05, 0.1) is 13.2 Å². The molecule has 1 aliphatic carbocycles. The number of halogens is 1. The highest BCUT2D eigenvalue weighted by Gasteiger charge is 2.25. The van der Waals surface area contributed by atoms with Crippen LogP contribution in [0.5, 0.6) is 5.75 Å². The number of benzene rings is 1. The van der Waals surface area contributed by atoms with E-state index in [-0.39, 0.29) is 5.92 Å². The number of aliphatic hydroxyl groups excluding tert-OH is 1. The predicted octanol–water partition coefficient (Wildman–Crippen LogP) is 3.72. The smallest absolute Gasteiger partial charge is 0.122 e. The molecule has 0 radical (unpaired) electrons. The van der Waals surface area contributed by atoms with Crippen LogP contribution in [0.4, 0.5) is 0 Å². The standard InChI is InChI=1S/C17H26ClNO2/c1-21-17-9-7-13(18)10-14(17)15(11-19)16(20)8-6-12-4-2-3-5-12/h7,9-10,12,15-16,20H,2-6,8,11,19H2,1H3. The third-order valence-electron chi connectivity index (χ3n) is 4.66. The van der Waals surface area contributed by atoms with Crippen molar-refractivity contribution < 1.29 is 9.84 Å². The lowest BCUT2D eigenvalue weighted by Gasteiger charge is -2.25. The molecular formula is C17H26ClNO2. The Morgan fingerprint density at radius 3 is 2.71 bits per heavy atom. The number of hydrogen-bond acceptors (Lipinski definition) is 3. The Bertz CT molecular complexity index is 446. The second-order valence-electron chi connectivity index (χ2n) is 6.02. The fraction of sp³-hybridized carbons (Fsp3) is 0.647. The SMILES string of the molecule is COc1ccc(Cl)cc1C(CN)C(O)CCC1CCCC1. The van der Waals surface area contributed by atoms with Crippen LogP contribution in [-0.2, 0) is 0 Å². The monoisotopic (exact) mass is 311 g/mol. The molecule has 1 aromatic carbocycles. The number of aliphatic hydroxyl groups is 1. The molecule has 1 aliphatic rings. The van der Waals surface area contributed by atoms with Gasteiger partial charge in [-0.2, -0.15) is 0 Å². The summed E-state index contributed by atoms with van der Waals surface area (Å²) >= 11 is 6.08. The quantitative estimate of drug-likeness (QED) is 0.807. The van der Waals surface area contributed by atoms with E-state index in [1.807, 2.05) is 12.1 Å². The first-order valence-corrected chi connectivity index (χ1v) is 8.25. The van der Waals surface area contributed by atoms with Gasteiger partial charge in [-0.15, -0.1) is 0 Å². The van der Waals surface area contributed by atoms with E-state index < -0.39 is 6.10 Å². The van der Waals surface area contributed by atoms with Crippen molar-refractivity contribution in [2.75, 3.05) is 13.7 Å². The van der Waals surface area contributed by atoms with E-state index in [2.05, 4.69) is 0 Å². The Morgan fingerprint density at radius 2 is 2.10 bits per heavy atom. The minimum Gasteiger partial charge on any atom is -0.496 e. The van der Waals surface area contributed by atoms with E-state index in [1.54, 1.807) is 13.2 Å². The zero-order chi connectivity index (χ0) is 15.2. The Morgan fingerprint density at radius 1 is 1.38 bits per heavy atom. The van der Waals surface area contributed by atoms with Crippen LogP contribution >= 0.6 is 11.6 Å². The number of ether oxygens (including phenoxy) is 1. The van der Waals surface area contributed by atoms with Gasteiger partial charge < -0.3 is 15.6 Å². The molecule has 3 nitrogen and oxygen atoms in total. The second kappa shape index (κ2) is 8.02. The highest BCUT2D eigenvalue weighted by atomic mass is 35.5. The lowest BCUT2D eigenvalue weighted by molar-refractivity contribution is 0.126. The normalized spacial score (nSPS) is 18.7. The van der Waals surface area contributed by atoms with E-state index in [4.69, 9.17) is 22.1 Å². The Labute approximate surface area is 132 Å². The Kier molecular flexibility index (Phi) is 6.34. The van der Waals surface area contributed by atoms with Gasteiger partial charge in [0.15, 0.2) is 0 Å². The fourth-order valence-electron chi connectivity index (χ4n) is 3.39. The molecule has 0 heterocycles. The van der Waals surface area contributed by atoms with E-state index >= 15 is 0 Å². The number of methoxy groups -OCH3 is 1. The first-order valence-electron chi connectivity index (χ1n) is 7.87. The molecule has 0 saturated heterocycles. The van der Waals surface area contributed by atoms with Crippen LogP contribution in [0.1, 0.15) is 50.0 Å². The van der Waals surface area contributed by atoms with E-state index in [1.165, 1.54) is 25.7 Å². The minimum atomic E-state index is -0.442. The van der Waals surface area contributed by atoms with E-state index in [9.17, 15) is 5.11 Å². The lowest BCUT2D eigenvalue weighted by Crippen LogP contribution is -2.27. The molecular weight excluding hydrogens is 286 g/mol. The van der Waals surface area contributed by atoms with Crippen molar-refractivity contribution >= 4 is 11.6 Å². The van der Waals surface area contributed by atoms with Crippen molar-refractivity contribution in [3.8, 4) is 5.75 Å². The summed E-state index contributed by atoms with van der Waals surface area (Å²) in [5.41, 5.74) is 6.81. The summed E-state index contributed by atoms with van der Waals surface area (Å²) < 4.78 is 5.39. The van der Waals surface area contributed by atoms with Gasteiger partial charge in [-0.05, 0) is 37.0 Å². The zero-order valence-electron chi connectivity index (χ0n) is 12.7. The van der Waals surface area contributed by atoms with Gasteiger partial charge in [0.25, 0.3) is 0 Å². The highest BCUT2D eigenvalue weighted by molar-refractivity contribution is 6.30. The number of nitrogens with two attached hydrogens (primary N) is 1. The van der Waals surface area contributed by atoms with Gasteiger partial charge in [0.1, 0.15) is 5.75 Å². The molecule has 0 aliphatic heterocycles. The average molecular weight is 312 g/mol. The van der Waals surface area contributed by atoms with Crippen LogP contribution in [-0.4, -0.2) is 24.9 Å². The third-order valence-corrected chi connectivity index (χ3v) is 4.89. The molecule has 21 heavy (non-hydrogen) atoms. The van der Waals surface area contributed by atoms with E-state index in [0.29, 0.717) is 11.6 Å². The maximum Gasteiger partial charge on any atom is 0.122 e. The maximum atomic E-state index is 10.6. The van der Waals surface area contributed by atoms with Crippen LogP contribution < -0.4 is 10.5 Å².